The first-order valence-corrected chi connectivity index (χ1v) is 7.81. The summed E-state index contributed by atoms with van der Waals surface area (Å²) < 4.78 is 12.3. The van der Waals surface area contributed by atoms with E-state index in [2.05, 4.69) is 48.1 Å². The second-order valence-corrected chi connectivity index (χ2v) is 7.32. The Labute approximate surface area is 117 Å². The Morgan fingerprint density at radius 1 is 1.22 bits per heavy atom. The molecule has 0 aromatic carbocycles. The van der Waals surface area contributed by atoms with Crippen LogP contribution in [0.1, 0.15) is 54.4 Å². The first-order chi connectivity index (χ1) is 8.25. The summed E-state index contributed by atoms with van der Waals surface area (Å²) in [6.07, 6.45) is 2.34. The molecule has 1 fully saturated rings. The first kappa shape index (κ1) is 16.1. The van der Waals surface area contributed by atoms with Crippen molar-refractivity contribution in [1.82, 2.24) is 0 Å². The molecule has 1 heterocycles. The molecule has 0 radical (unpaired) electrons. The van der Waals surface area contributed by atoms with Crippen molar-refractivity contribution in [2.24, 2.45) is 0 Å². The first-order valence-electron chi connectivity index (χ1n) is 6.87. The van der Waals surface area contributed by atoms with E-state index in [-0.39, 0.29) is 18.3 Å². The van der Waals surface area contributed by atoms with Gasteiger partial charge in [0, 0.05) is 11.1 Å². The molecule has 0 N–H and O–H groups in total. The standard InChI is InChI=1S/C14H27BO2S/c1-8-10-12(18-9-2)11(3)15-16-13(4,5)14(6,7)17-15/h9,11-12H,2,8,10H2,1,3-7H3. The highest BCUT2D eigenvalue weighted by molar-refractivity contribution is 8.02. The van der Waals surface area contributed by atoms with Gasteiger partial charge in [-0.05, 0) is 39.5 Å². The second-order valence-electron chi connectivity index (χ2n) is 6.11. The second kappa shape index (κ2) is 6.02. The molecule has 104 valence electrons. The Bertz CT molecular complexity index is 276. The topological polar surface area (TPSA) is 18.5 Å². The maximum Gasteiger partial charge on any atom is 0.462 e. The van der Waals surface area contributed by atoms with Crippen molar-refractivity contribution < 1.29 is 9.31 Å². The van der Waals surface area contributed by atoms with E-state index in [1.54, 1.807) is 11.8 Å². The molecule has 1 aliphatic rings. The molecular formula is C14H27BO2S. The third-order valence-electron chi connectivity index (χ3n) is 4.13. The minimum absolute atomic E-state index is 0.112. The van der Waals surface area contributed by atoms with Crippen LogP contribution in [0.2, 0.25) is 5.82 Å². The summed E-state index contributed by atoms with van der Waals surface area (Å²) in [5, 5.41) is 2.45. The van der Waals surface area contributed by atoms with Gasteiger partial charge in [0.25, 0.3) is 0 Å². The largest absolute Gasteiger partial charge is 0.462 e. The fourth-order valence-corrected chi connectivity index (χ4v) is 3.14. The molecule has 18 heavy (non-hydrogen) atoms. The Hall–Kier alpha value is 0.0749. The van der Waals surface area contributed by atoms with Crippen LogP contribution in [0.5, 0.6) is 0 Å². The molecule has 1 rings (SSSR count). The van der Waals surface area contributed by atoms with Crippen LogP contribution < -0.4 is 0 Å². The molecule has 2 unspecified atom stereocenters. The van der Waals surface area contributed by atoms with Crippen molar-refractivity contribution in [2.75, 3.05) is 0 Å². The lowest BCUT2D eigenvalue weighted by Gasteiger charge is -2.32. The number of hydrogen-bond acceptors (Lipinski definition) is 3. The zero-order valence-electron chi connectivity index (χ0n) is 12.7. The molecular weight excluding hydrogens is 243 g/mol. The molecule has 0 aromatic rings. The van der Waals surface area contributed by atoms with Crippen LogP contribution in [0, 0.1) is 0 Å². The Morgan fingerprint density at radius 2 is 1.72 bits per heavy atom. The van der Waals surface area contributed by atoms with Gasteiger partial charge in [0.15, 0.2) is 0 Å². The lowest BCUT2D eigenvalue weighted by molar-refractivity contribution is 0.00578. The van der Waals surface area contributed by atoms with Crippen molar-refractivity contribution in [3.63, 3.8) is 0 Å². The lowest BCUT2D eigenvalue weighted by atomic mass is 9.70. The summed E-state index contributed by atoms with van der Waals surface area (Å²) in [6.45, 7) is 16.7. The Balaban J connectivity index is 2.73. The van der Waals surface area contributed by atoms with Crippen molar-refractivity contribution >= 4 is 18.9 Å². The zero-order chi connectivity index (χ0) is 14.0. The fourth-order valence-electron chi connectivity index (χ4n) is 2.14. The van der Waals surface area contributed by atoms with Crippen molar-refractivity contribution in [1.29, 1.82) is 0 Å². The summed E-state index contributed by atoms with van der Waals surface area (Å²) in [7, 11) is -0.112. The van der Waals surface area contributed by atoms with Gasteiger partial charge in [-0.3, -0.25) is 0 Å². The van der Waals surface area contributed by atoms with E-state index in [1.165, 1.54) is 12.8 Å². The van der Waals surface area contributed by atoms with Gasteiger partial charge in [-0.1, -0.05) is 26.8 Å². The number of thioether (sulfide) groups is 1. The lowest BCUT2D eigenvalue weighted by Crippen LogP contribution is -2.41. The third-order valence-corrected chi connectivity index (χ3v) is 5.34. The number of rotatable bonds is 6. The maximum atomic E-state index is 6.13. The summed E-state index contributed by atoms with van der Waals surface area (Å²) >= 11 is 1.80. The van der Waals surface area contributed by atoms with Gasteiger partial charge in [0.1, 0.15) is 0 Å². The molecule has 0 amide bonds. The normalized spacial score (nSPS) is 24.9. The quantitative estimate of drug-likeness (QED) is 0.661. The third kappa shape index (κ3) is 3.34. The van der Waals surface area contributed by atoms with E-state index in [0.717, 1.165) is 0 Å². The smallest absolute Gasteiger partial charge is 0.403 e. The summed E-state index contributed by atoms with van der Waals surface area (Å²) in [6, 6.07) is 0. The van der Waals surface area contributed by atoms with Crippen LogP contribution in [0.4, 0.5) is 0 Å². The van der Waals surface area contributed by atoms with E-state index in [0.29, 0.717) is 11.1 Å². The van der Waals surface area contributed by atoms with E-state index < -0.39 is 0 Å². The predicted molar refractivity (Wildman–Crippen MR) is 82.0 cm³/mol. The average Bonchev–Trinajstić information content (AvgIpc) is 2.47. The SMILES string of the molecule is C=CSC(CCC)C(C)B1OC(C)(C)C(C)(C)O1. The van der Waals surface area contributed by atoms with Gasteiger partial charge >= 0.3 is 7.12 Å². The Kier molecular flexibility index (Phi) is 5.39. The van der Waals surface area contributed by atoms with Crippen LogP contribution in [0.25, 0.3) is 0 Å². The van der Waals surface area contributed by atoms with Crippen LogP contribution >= 0.6 is 11.8 Å². The van der Waals surface area contributed by atoms with Crippen molar-refractivity contribution in [2.45, 2.75) is 76.7 Å². The highest BCUT2D eigenvalue weighted by Crippen LogP contribution is 2.43. The summed E-state index contributed by atoms with van der Waals surface area (Å²) in [4.78, 5) is 0. The minimum atomic E-state index is -0.235. The van der Waals surface area contributed by atoms with Gasteiger partial charge in [-0.15, -0.1) is 11.8 Å². The van der Waals surface area contributed by atoms with Crippen molar-refractivity contribution in [3.8, 4) is 0 Å². The van der Waals surface area contributed by atoms with Crippen LogP contribution in [0.15, 0.2) is 12.0 Å². The van der Waals surface area contributed by atoms with E-state index in [9.17, 15) is 0 Å². The molecule has 0 aromatic heterocycles. The van der Waals surface area contributed by atoms with Gasteiger partial charge in [-0.2, -0.15) is 0 Å². The summed E-state index contributed by atoms with van der Waals surface area (Å²) in [5.41, 5.74) is -0.469. The molecule has 4 heteroatoms. The van der Waals surface area contributed by atoms with Gasteiger partial charge < -0.3 is 9.31 Å². The molecule has 0 spiro atoms. The number of hydrogen-bond donors (Lipinski definition) is 0. The minimum Gasteiger partial charge on any atom is -0.403 e. The van der Waals surface area contributed by atoms with E-state index in [1.807, 2.05) is 5.41 Å². The van der Waals surface area contributed by atoms with Gasteiger partial charge in [0.05, 0.1) is 11.2 Å². The van der Waals surface area contributed by atoms with Crippen LogP contribution in [-0.4, -0.2) is 23.6 Å². The summed E-state index contributed by atoms with van der Waals surface area (Å²) in [5.74, 6) is 0.369. The van der Waals surface area contributed by atoms with Crippen molar-refractivity contribution in [3.05, 3.63) is 12.0 Å². The predicted octanol–water partition coefficient (Wildman–Crippen LogP) is 4.51. The molecule has 1 aliphatic heterocycles. The maximum absolute atomic E-state index is 6.13. The molecule has 2 atom stereocenters. The highest BCUT2D eigenvalue weighted by Gasteiger charge is 2.53. The fraction of sp³-hybridized carbons (Fsp3) is 0.857. The molecule has 0 bridgehead atoms. The highest BCUT2D eigenvalue weighted by atomic mass is 32.2. The average molecular weight is 270 g/mol. The Morgan fingerprint density at radius 3 is 2.11 bits per heavy atom. The monoisotopic (exact) mass is 270 g/mol. The zero-order valence-corrected chi connectivity index (χ0v) is 13.5. The van der Waals surface area contributed by atoms with E-state index >= 15 is 0 Å². The van der Waals surface area contributed by atoms with Gasteiger partial charge in [-0.25, -0.2) is 0 Å². The molecule has 0 saturated carbocycles. The van der Waals surface area contributed by atoms with Crippen LogP contribution in [-0.2, 0) is 9.31 Å². The molecule has 1 saturated heterocycles. The van der Waals surface area contributed by atoms with Crippen LogP contribution in [0.3, 0.4) is 0 Å². The molecule has 2 nitrogen and oxygen atoms in total. The van der Waals surface area contributed by atoms with E-state index in [4.69, 9.17) is 9.31 Å². The molecule has 0 aliphatic carbocycles. The van der Waals surface area contributed by atoms with Gasteiger partial charge in [0.2, 0.25) is 0 Å².